The Balaban J connectivity index is 1.71. The number of ether oxygens (including phenoxy) is 2. The van der Waals surface area contributed by atoms with Crippen LogP contribution in [0.2, 0.25) is 0 Å². The van der Waals surface area contributed by atoms with Gasteiger partial charge in [-0.3, -0.25) is 9.20 Å². The van der Waals surface area contributed by atoms with Crippen LogP contribution >= 0.6 is 33.9 Å². The summed E-state index contributed by atoms with van der Waals surface area (Å²) < 4.78 is 13.8. The van der Waals surface area contributed by atoms with Crippen molar-refractivity contribution in [3.8, 4) is 11.5 Å². The lowest BCUT2D eigenvalue weighted by Gasteiger charge is -2.13. The molecule has 0 aliphatic heterocycles. The minimum Gasteiger partial charge on any atom is -0.493 e. The summed E-state index contributed by atoms with van der Waals surface area (Å²) >= 11 is 3.54. The van der Waals surface area contributed by atoms with Gasteiger partial charge < -0.3 is 9.47 Å². The van der Waals surface area contributed by atoms with Gasteiger partial charge in [0.25, 0.3) is 5.56 Å². The van der Waals surface area contributed by atoms with E-state index in [1.807, 2.05) is 42.7 Å². The zero-order valence-corrected chi connectivity index (χ0v) is 18.0. The summed E-state index contributed by atoms with van der Waals surface area (Å²) in [7, 11) is 1.64. The predicted molar refractivity (Wildman–Crippen MR) is 117 cm³/mol. The molecule has 1 aliphatic rings. The lowest BCUT2D eigenvalue weighted by molar-refractivity contribution is 0.280. The van der Waals surface area contributed by atoms with Crippen LogP contribution in [0.1, 0.15) is 29.8 Å². The summed E-state index contributed by atoms with van der Waals surface area (Å²) in [4.78, 5) is 18.0. The second-order valence-electron chi connectivity index (χ2n) is 6.58. The summed E-state index contributed by atoms with van der Waals surface area (Å²) in [5, 5.41) is 1.94. The number of rotatable bonds is 6. The van der Waals surface area contributed by atoms with E-state index in [2.05, 4.69) is 27.6 Å². The van der Waals surface area contributed by atoms with E-state index in [0.717, 1.165) is 17.0 Å². The highest BCUT2D eigenvalue weighted by atomic mass is 127. The number of hydrogen-bond acceptors (Lipinski definition) is 5. The van der Waals surface area contributed by atoms with Crippen LogP contribution in [0.5, 0.6) is 11.5 Å². The second kappa shape index (κ2) is 7.63. The number of halogens is 1. The molecule has 27 heavy (non-hydrogen) atoms. The Labute approximate surface area is 174 Å². The minimum atomic E-state index is -0.0325. The minimum absolute atomic E-state index is 0.0325. The van der Waals surface area contributed by atoms with Gasteiger partial charge in [-0.25, -0.2) is 4.98 Å². The maximum atomic E-state index is 12.6. The number of hydrogen-bond donors (Lipinski definition) is 0. The molecule has 3 aromatic rings. The van der Waals surface area contributed by atoms with Crippen LogP contribution < -0.4 is 15.0 Å². The third-order valence-electron chi connectivity index (χ3n) is 4.52. The molecule has 4 rings (SSSR count). The van der Waals surface area contributed by atoms with Gasteiger partial charge in [-0.05, 0) is 66.5 Å². The van der Waals surface area contributed by atoms with Crippen LogP contribution in [0.15, 0.2) is 28.4 Å². The van der Waals surface area contributed by atoms with Gasteiger partial charge >= 0.3 is 0 Å². The molecule has 0 amide bonds. The maximum absolute atomic E-state index is 12.6. The molecule has 0 spiro atoms. The van der Waals surface area contributed by atoms with Crippen LogP contribution in [0.3, 0.4) is 0 Å². The van der Waals surface area contributed by atoms with Gasteiger partial charge in [0.1, 0.15) is 3.57 Å². The molecule has 0 bridgehead atoms. The molecule has 1 saturated carbocycles. The van der Waals surface area contributed by atoms with Crippen LogP contribution in [0, 0.1) is 16.4 Å². The molecular weight excluding hydrogens is 475 g/mol. The Hall–Kier alpha value is -1.87. The Morgan fingerprint density at radius 2 is 2.19 bits per heavy atom. The molecule has 7 heteroatoms. The molecule has 1 aliphatic carbocycles. The third-order valence-corrected chi connectivity index (χ3v) is 6.48. The molecular formula is C20H19IN2O3S. The van der Waals surface area contributed by atoms with E-state index < -0.39 is 0 Å². The maximum Gasteiger partial charge on any atom is 0.272 e. The fraction of sp³-hybridized carbons (Fsp3) is 0.300. The smallest absolute Gasteiger partial charge is 0.272 e. The summed E-state index contributed by atoms with van der Waals surface area (Å²) in [5.41, 5.74) is 2.45. The van der Waals surface area contributed by atoms with Crippen molar-refractivity contribution in [2.24, 2.45) is 5.92 Å². The van der Waals surface area contributed by atoms with Gasteiger partial charge in [-0.1, -0.05) is 12.1 Å². The van der Waals surface area contributed by atoms with Crippen molar-refractivity contribution in [2.75, 3.05) is 13.7 Å². The van der Waals surface area contributed by atoms with Crippen molar-refractivity contribution in [1.29, 1.82) is 0 Å². The normalized spacial score (nSPS) is 14.2. The average molecular weight is 494 g/mol. The van der Waals surface area contributed by atoms with Crippen molar-refractivity contribution < 1.29 is 9.47 Å². The van der Waals surface area contributed by atoms with Crippen LogP contribution in [0.4, 0.5) is 0 Å². The van der Waals surface area contributed by atoms with Crippen molar-refractivity contribution in [2.45, 2.75) is 19.8 Å². The molecule has 0 N–H and O–H groups in total. The van der Waals surface area contributed by atoms with Gasteiger partial charge in [0, 0.05) is 16.6 Å². The topological polar surface area (TPSA) is 52.8 Å². The zero-order valence-electron chi connectivity index (χ0n) is 15.1. The quantitative estimate of drug-likeness (QED) is 0.469. The summed E-state index contributed by atoms with van der Waals surface area (Å²) in [6, 6.07) is 5.81. The Morgan fingerprint density at radius 3 is 2.93 bits per heavy atom. The Morgan fingerprint density at radius 1 is 1.37 bits per heavy atom. The third kappa shape index (κ3) is 3.75. The predicted octanol–water partition coefficient (Wildman–Crippen LogP) is 4.64. The van der Waals surface area contributed by atoms with Crippen molar-refractivity contribution in [3.63, 3.8) is 0 Å². The Bertz CT molecular complexity index is 1080. The summed E-state index contributed by atoms with van der Waals surface area (Å²) in [6.45, 7) is 2.62. The molecule has 0 unspecified atom stereocenters. The highest BCUT2D eigenvalue weighted by Gasteiger charge is 2.23. The fourth-order valence-corrected chi connectivity index (χ4v) is 4.23. The lowest BCUT2D eigenvalue weighted by Crippen LogP contribution is -2.19. The van der Waals surface area contributed by atoms with E-state index in [-0.39, 0.29) is 5.56 Å². The lowest BCUT2D eigenvalue weighted by atomic mass is 10.1. The first-order chi connectivity index (χ1) is 13.1. The van der Waals surface area contributed by atoms with E-state index in [9.17, 15) is 4.79 Å². The molecule has 1 aromatic carbocycles. The molecule has 0 radical (unpaired) electrons. The van der Waals surface area contributed by atoms with Crippen molar-refractivity contribution >= 4 is 51.0 Å². The summed E-state index contributed by atoms with van der Waals surface area (Å²) in [5.74, 6) is 2.10. The number of methoxy groups -OCH3 is 1. The van der Waals surface area contributed by atoms with Crippen molar-refractivity contribution in [1.82, 2.24) is 9.38 Å². The van der Waals surface area contributed by atoms with E-state index in [1.54, 1.807) is 11.5 Å². The van der Waals surface area contributed by atoms with E-state index in [0.29, 0.717) is 32.5 Å². The number of para-hydroxylation sites is 1. The number of thiazole rings is 1. The molecule has 140 valence electrons. The van der Waals surface area contributed by atoms with Crippen LogP contribution in [0.25, 0.3) is 17.1 Å². The van der Waals surface area contributed by atoms with Gasteiger partial charge in [0.05, 0.1) is 19.4 Å². The van der Waals surface area contributed by atoms with E-state index in [1.165, 1.54) is 24.2 Å². The number of benzene rings is 1. The molecule has 0 atom stereocenters. The molecule has 5 nitrogen and oxygen atoms in total. The van der Waals surface area contributed by atoms with Crippen molar-refractivity contribution in [3.05, 3.63) is 54.5 Å². The molecule has 2 heterocycles. The highest BCUT2D eigenvalue weighted by molar-refractivity contribution is 14.1. The molecule has 0 saturated heterocycles. The number of nitrogens with zero attached hydrogens (tertiary/aromatic N) is 2. The summed E-state index contributed by atoms with van der Waals surface area (Å²) in [6.07, 6.45) is 6.27. The number of aromatic nitrogens is 2. The van der Waals surface area contributed by atoms with E-state index >= 15 is 0 Å². The number of aryl methyl sites for hydroxylation is 1. The van der Waals surface area contributed by atoms with Crippen LogP contribution in [-0.4, -0.2) is 23.1 Å². The second-order valence-corrected chi connectivity index (χ2v) is 8.49. The first kappa shape index (κ1) is 18.5. The first-order valence-electron chi connectivity index (χ1n) is 8.72. The number of fused-ring (bicyclic) bond motifs is 1. The van der Waals surface area contributed by atoms with E-state index in [4.69, 9.17) is 9.47 Å². The average Bonchev–Trinajstić information content (AvgIpc) is 3.43. The van der Waals surface area contributed by atoms with Gasteiger partial charge in [0.2, 0.25) is 0 Å². The SMILES string of the molecule is COc1cccc(/C=C/c2nc3scc(C)n3c(=O)c2I)c1OCC1CC1. The fourth-order valence-electron chi connectivity index (χ4n) is 2.82. The van der Waals surface area contributed by atoms with Crippen LogP contribution in [-0.2, 0) is 0 Å². The standard InChI is InChI=1S/C20H19IN2O3S/c1-12-11-27-20-22-15(17(21)19(24)23(12)20)9-8-14-4-3-5-16(25-2)18(14)26-10-13-6-7-13/h3-5,8-9,11,13H,6-7,10H2,1-2H3/b9-8+. The first-order valence-corrected chi connectivity index (χ1v) is 10.7. The molecule has 1 fully saturated rings. The molecule has 2 aromatic heterocycles. The monoisotopic (exact) mass is 494 g/mol. The van der Waals surface area contributed by atoms with Gasteiger partial charge in [-0.2, -0.15) is 0 Å². The zero-order chi connectivity index (χ0) is 19.0. The van der Waals surface area contributed by atoms with Gasteiger partial charge in [0.15, 0.2) is 16.5 Å². The highest BCUT2D eigenvalue weighted by Crippen LogP contribution is 2.36. The largest absolute Gasteiger partial charge is 0.493 e. The Kier molecular flexibility index (Phi) is 5.23. The van der Waals surface area contributed by atoms with Gasteiger partial charge in [-0.15, -0.1) is 11.3 Å².